The van der Waals surface area contributed by atoms with Crippen molar-refractivity contribution in [2.75, 3.05) is 6.54 Å². The fourth-order valence-electron chi connectivity index (χ4n) is 1.28. The van der Waals surface area contributed by atoms with Gasteiger partial charge in [-0.3, -0.25) is 9.20 Å². The normalized spacial score (nSPS) is 10.6. The molecule has 0 spiro atoms. The summed E-state index contributed by atoms with van der Waals surface area (Å²) in [6.45, 7) is 4.09. The van der Waals surface area contributed by atoms with Crippen LogP contribution in [0.1, 0.15) is 5.69 Å². The van der Waals surface area contributed by atoms with E-state index in [1.54, 1.807) is 11.3 Å². The summed E-state index contributed by atoms with van der Waals surface area (Å²) in [7, 11) is 0. The number of nitrogens with one attached hydrogen (secondary N) is 1. The monoisotopic (exact) mass is 299 g/mol. The van der Waals surface area contributed by atoms with Crippen LogP contribution < -0.4 is 5.32 Å². The topological polar surface area (TPSA) is 46.4 Å². The van der Waals surface area contributed by atoms with Crippen LogP contribution in [0.2, 0.25) is 0 Å². The molecule has 2 aromatic heterocycles. The highest BCUT2D eigenvalue weighted by Gasteiger charge is 2.07. The van der Waals surface area contributed by atoms with Crippen LogP contribution in [0, 0.1) is 0 Å². The molecule has 0 bridgehead atoms. The third-order valence-electron chi connectivity index (χ3n) is 1.96. The third kappa shape index (κ3) is 2.70. The number of fused-ring (bicyclic) bond motifs is 1. The minimum Gasteiger partial charge on any atom is -0.351 e. The molecular formula is C10H10BrN3OS. The molecule has 0 fully saturated rings. The summed E-state index contributed by atoms with van der Waals surface area (Å²) >= 11 is 4.74. The molecule has 0 saturated carbocycles. The van der Waals surface area contributed by atoms with Crippen molar-refractivity contribution in [3.8, 4) is 0 Å². The van der Waals surface area contributed by atoms with Gasteiger partial charge < -0.3 is 5.32 Å². The summed E-state index contributed by atoms with van der Waals surface area (Å²) in [6, 6.07) is 0. The van der Waals surface area contributed by atoms with E-state index in [0.717, 1.165) is 15.1 Å². The Labute approximate surface area is 105 Å². The lowest BCUT2D eigenvalue weighted by Gasteiger charge is -2.01. The highest BCUT2D eigenvalue weighted by atomic mass is 79.9. The van der Waals surface area contributed by atoms with Crippen LogP contribution in [0.4, 0.5) is 0 Å². The van der Waals surface area contributed by atoms with Gasteiger partial charge in [-0.1, -0.05) is 22.5 Å². The maximum Gasteiger partial charge on any atom is 0.226 e. The molecule has 0 aliphatic heterocycles. The van der Waals surface area contributed by atoms with Crippen molar-refractivity contribution in [3.05, 3.63) is 34.5 Å². The molecule has 1 N–H and O–H groups in total. The molecule has 0 unspecified atom stereocenters. The average molecular weight is 300 g/mol. The van der Waals surface area contributed by atoms with Gasteiger partial charge in [-0.2, -0.15) is 0 Å². The maximum absolute atomic E-state index is 11.5. The molecule has 2 rings (SSSR count). The molecule has 0 aromatic carbocycles. The predicted octanol–water partition coefficient (Wildman–Crippen LogP) is 1.96. The maximum atomic E-state index is 11.5. The molecule has 0 aliphatic carbocycles. The van der Waals surface area contributed by atoms with Crippen molar-refractivity contribution in [1.82, 2.24) is 14.7 Å². The molecule has 0 atom stereocenters. The van der Waals surface area contributed by atoms with Crippen molar-refractivity contribution in [2.45, 2.75) is 6.42 Å². The molecule has 6 heteroatoms. The van der Waals surface area contributed by atoms with Crippen molar-refractivity contribution in [1.29, 1.82) is 0 Å². The molecule has 84 valence electrons. The van der Waals surface area contributed by atoms with E-state index in [9.17, 15) is 4.79 Å². The van der Waals surface area contributed by atoms with Gasteiger partial charge in [0.2, 0.25) is 5.91 Å². The summed E-state index contributed by atoms with van der Waals surface area (Å²) in [4.78, 5) is 16.7. The first kappa shape index (κ1) is 11.3. The van der Waals surface area contributed by atoms with Crippen LogP contribution in [-0.2, 0) is 11.2 Å². The standard InChI is InChI=1S/C10H10BrN3OS/c1-7(11)5-12-9(15)4-8-6-14-2-3-16-10(14)13-8/h2-3,6H,1,4-5H2,(H,12,15). The molecule has 2 aromatic rings. The number of hydrogen-bond acceptors (Lipinski definition) is 3. The first-order chi connectivity index (χ1) is 7.65. The number of amides is 1. The molecule has 1 amide bonds. The van der Waals surface area contributed by atoms with E-state index in [2.05, 4.69) is 32.8 Å². The van der Waals surface area contributed by atoms with Crippen LogP contribution in [-0.4, -0.2) is 21.8 Å². The quantitative estimate of drug-likeness (QED) is 0.938. The van der Waals surface area contributed by atoms with Crippen LogP contribution in [0.5, 0.6) is 0 Å². The van der Waals surface area contributed by atoms with E-state index in [1.807, 2.05) is 22.2 Å². The first-order valence-electron chi connectivity index (χ1n) is 4.66. The summed E-state index contributed by atoms with van der Waals surface area (Å²) in [6.07, 6.45) is 4.10. The van der Waals surface area contributed by atoms with Crippen LogP contribution in [0.25, 0.3) is 4.96 Å². The molecule has 2 heterocycles. The SMILES string of the molecule is C=C(Br)CNC(=O)Cc1cn2ccsc2n1. The lowest BCUT2D eigenvalue weighted by atomic mass is 10.3. The lowest BCUT2D eigenvalue weighted by Crippen LogP contribution is -2.26. The number of thiazole rings is 1. The van der Waals surface area contributed by atoms with E-state index < -0.39 is 0 Å². The zero-order valence-electron chi connectivity index (χ0n) is 8.44. The van der Waals surface area contributed by atoms with Crippen molar-refractivity contribution in [3.63, 3.8) is 0 Å². The van der Waals surface area contributed by atoms with Crippen LogP contribution >= 0.6 is 27.3 Å². The summed E-state index contributed by atoms with van der Waals surface area (Å²) in [5.74, 6) is -0.0497. The number of rotatable bonds is 4. The Morgan fingerprint density at radius 3 is 3.19 bits per heavy atom. The largest absolute Gasteiger partial charge is 0.351 e. The van der Waals surface area contributed by atoms with Crippen LogP contribution in [0.3, 0.4) is 0 Å². The van der Waals surface area contributed by atoms with Gasteiger partial charge in [0.05, 0.1) is 12.1 Å². The van der Waals surface area contributed by atoms with Crippen molar-refractivity contribution < 1.29 is 4.79 Å². The van der Waals surface area contributed by atoms with Gasteiger partial charge in [-0.15, -0.1) is 11.3 Å². The van der Waals surface area contributed by atoms with Gasteiger partial charge >= 0.3 is 0 Å². The highest BCUT2D eigenvalue weighted by molar-refractivity contribution is 9.11. The summed E-state index contributed by atoms with van der Waals surface area (Å²) < 4.78 is 2.67. The van der Waals surface area contributed by atoms with Gasteiger partial charge in [0, 0.05) is 28.8 Å². The molecular weight excluding hydrogens is 290 g/mol. The summed E-state index contributed by atoms with van der Waals surface area (Å²) in [5, 5.41) is 4.70. The zero-order valence-corrected chi connectivity index (χ0v) is 10.8. The van der Waals surface area contributed by atoms with Crippen molar-refractivity contribution >= 4 is 38.1 Å². The number of hydrogen-bond donors (Lipinski definition) is 1. The molecule has 4 nitrogen and oxygen atoms in total. The highest BCUT2D eigenvalue weighted by Crippen LogP contribution is 2.11. The number of carbonyl (C=O) groups is 1. The number of aromatic nitrogens is 2. The number of carbonyl (C=O) groups excluding carboxylic acids is 1. The zero-order chi connectivity index (χ0) is 11.5. The van der Waals surface area contributed by atoms with E-state index in [4.69, 9.17) is 0 Å². The number of imidazole rings is 1. The van der Waals surface area contributed by atoms with E-state index >= 15 is 0 Å². The Morgan fingerprint density at radius 1 is 1.69 bits per heavy atom. The lowest BCUT2D eigenvalue weighted by molar-refractivity contribution is -0.120. The van der Waals surface area contributed by atoms with E-state index in [-0.39, 0.29) is 5.91 Å². The fourth-order valence-corrected chi connectivity index (χ4v) is 2.14. The van der Waals surface area contributed by atoms with E-state index in [0.29, 0.717) is 13.0 Å². The molecule has 0 aliphatic rings. The predicted molar refractivity (Wildman–Crippen MR) is 67.8 cm³/mol. The van der Waals surface area contributed by atoms with Crippen LogP contribution in [0.15, 0.2) is 28.8 Å². The second-order valence-corrected chi connectivity index (χ2v) is 5.29. The van der Waals surface area contributed by atoms with Crippen molar-refractivity contribution in [2.24, 2.45) is 0 Å². The smallest absolute Gasteiger partial charge is 0.226 e. The van der Waals surface area contributed by atoms with E-state index in [1.165, 1.54) is 0 Å². The minimum absolute atomic E-state index is 0.0497. The Morgan fingerprint density at radius 2 is 2.50 bits per heavy atom. The van der Waals surface area contributed by atoms with Gasteiger partial charge in [-0.05, 0) is 0 Å². The Hall–Kier alpha value is -1.14. The first-order valence-corrected chi connectivity index (χ1v) is 6.33. The number of nitrogens with zero attached hydrogens (tertiary/aromatic N) is 2. The Balaban J connectivity index is 1.96. The molecule has 0 saturated heterocycles. The fraction of sp³-hybridized carbons (Fsp3) is 0.200. The Bertz CT molecular complexity index is 502. The minimum atomic E-state index is -0.0497. The third-order valence-corrected chi connectivity index (χ3v) is 3.01. The van der Waals surface area contributed by atoms with Gasteiger partial charge in [0.25, 0.3) is 0 Å². The van der Waals surface area contributed by atoms with Gasteiger partial charge in [0.1, 0.15) is 0 Å². The average Bonchev–Trinajstić information content (AvgIpc) is 2.74. The molecule has 0 radical (unpaired) electrons. The van der Waals surface area contributed by atoms with Gasteiger partial charge in [-0.25, -0.2) is 4.98 Å². The second kappa shape index (κ2) is 4.80. The molecule has 16 heavy (non-hydrogen) atoms. The summed E-state index contributed by atoms with van der Waals surface area (Å²) in [5.41, 5.74) is 0.782. The Kier molecular flexibility index (Phi) is 3.40. The second-order valence-electron chi connectivity index (χ2n) is 3.30. The number of halogens is 1. The van der Waals surface area contributed by atoms with Gasteiger partial charge in [0.15, 0.2) is 4.96 Å².